The molecule has 3 aromatic heterocycles. The Kier molecular flexibility index (Phi) is 3.74. The molecule has 0 fully saturated rings. The summed E-state index contributed by atoms with van der Waals surface area (Å²) in [4.78, 5) is 20.3. The standard InChI is InChI=1S/C18H15N5O2/c1-13(14-2-4-16(5-3-14)23-12-20-10-21-23)25-18(24)15-6-7-22-11-19-9-17(22)8-15/h2-13H,1H3/t13-/m1/s1. The number of ether oxygens (including phenoxy) is 1. The zero-order chi connectivity index (χ0) is 17.2. The number of hydrogen-bond donors (Lipinski definition) is 0. The molecule has 0 amide bonds. The average molecular weight is 333 g/mol. The van der Waals surface area contributed by atoms with Crippen molar-refractivity contribution in [3.8, 4) is 5.69 Å². The lowest BCUT2D eigenvalue weighted by Crippen LogP contribution is -2.09. The molecule has 1 aromatic carbocycles. The summed E-state index contributed by atoms with van der Waals surface area (Å²) in [5, 5.41) is 4.08. The van der Waals surface area contributed by atoms with Gasteiger partial charge in [-0.25, -0.2) is 19.4 Å². The molecule has 4 aromatic rings. The molecule has 0 saturated carbocycles. The second-order valence-corrected chi connectivity index (χ2v) is 5.62. The van der Waals surface area contributed by atoms with Gasteiger partial charge in [0.15, 0.2) is 0 Å². The van der Waals surface area contributed by atoms with E-state index in [-0.39, 0.29) is 12.1 Å². The van der Waals surface area contributed by atoms with E-state index in [4.69, 9.17) is 4.74 Å². The third-order valence-corrected chi connectivity index (χ3v) is 3.98. The second-order valence-electron chi connectivity index (χ2n) is 5.62. The van der Waals surface area contributed by atoms with Crippen molar-refractivity contribution in [2.75, 3.05) is 0 Å². The van der Waals surface area contributed by atoms with Crippen LogP contribution in [0.2, 0.25) is 0 Å². The average Bonchev–Trinajstić information content (AvgIpc) is 3.32. The van der Waals surface area contributed by atoms with E-state index in [0.29, 0.717) is 5.56 Å². The minimum atomic E-state index is -0.364. The highest BCUT2D eigenvalue weighted by Gasteiger charge is 2.14. The van der Waals surface area contributed by atoms with Crippen LogP contribution < -0.4 is 0 Å². The predicted molar refractivity (Wildman–Crippen MR) is 90.4 cm³/mol. The lowest BCUT2D eigenvalue weighted by Gasteiger charge is -2.14. The Morgan fingerprint density at radius 2 is 1.96 bits per heavy atom. The molecule has 1 atom stereocenters. The fraction of sp³-hybridized carbons (Fsp3) is 0.111. The van der Waals surface area contributed by atoms with E-state index in [0.717, 1.165) is 16.8 Å². The van der Waals surface area contributed by atoms with Gasteiger partial charge in [0.05, 0.1) is 29.3 Å². The van der Waals surface area contributed by atoms with Gasteiger partial charge in [0, 0.05) is 6.20 Å². The molecule has 0 unspecified atom stereocenters. The minimum absolute atomic E-state index is 0.363. The van der Waals surface area contributed by atoms with Crippen molar-refractivity contribution < 1.29 is 9.53 Å². The Bertz CT molecular complexity index is 1010. The van der Waals surface area contributed by atoms with Crippen LogP contribution >= 0.6 is 0 Å². The van der Waals surface area contributed by atoms with Crippen molar-refractivity contribution in [3.05, 3.63) is 78.9 Å². The van der Waals surface area contributed by atoms with Crippen LogP contribution in [0.25, 0.3) is 11.2 Å². The van der Waals surface area contributed by atoms with Gasteiger partial charge in [-0.15, -0.1) is 0 Å². The van der Waals surface area contributed by atoms with E-state index >= 15 is 0 Å². The van der Waals surface area contributed by atoms with Gasteiger partial charge in [-0.2, -0.15) is 5.10 Å². The lowest BCUT2D eigenvalue weighted by molar-refractivity contribution is 0.0338. The van der Waals surface area contributed by atoms with E-state index in [1.54, 1.807) is 41.9 Å². The van der Waals surface area contributed by atoms with Crippen molar-refractivity contribution in [1.29, 1.82) is 0 Å². The van der Waals surface area contributed by atoms with E-state index in [1.165, 1.54) is 6.33 Å². The lowest BCUT2D eigenvalue weighted by atomic mass is 10.1. The fourth-order valence-electron chi connectivity index (χ4n) is 2.58. The van der Waals surface area contributed by atoms with Gasteiger partial charge < -0.3 is 9.14 Å². The van der Waals surface area contributed by atoms with Gasteiger partial charge in [-0.05, 0) is 36.8 Å². The van der Waals surface area contributed by atoms with Crippen molar-refractivity contribution in [1.82, 2.24) is 24.1 Å². The molecule has 3 heterocycles. The molecule has 7 nitrogen and oxygen atoms in total. The predicted octanol–water partition coefficient (Wildman–Crippen LogP) is 2.83. The number of fused-ring (bicyclic) bond motifs is 1. The highest BCUT2D eigenvalue weighted by Crippen LogP contribution is 2.20. The van der Waals surface area contributed by atoms with Crippen LogP contribution in [0.5, 0.6) is 0 Å². The normalized spacial score (nSPS) is 12.2. The number of rotatable bonds is 4. The van der Waals surface area contributed by atoms with E-state index in [1.807, 2.05) is 35.6 Å². The van der Waals surface area contributed by atoms with Gasteiger partial charge in [-0.3, -0.25) is 0 Å². The molecule has 7 heteroatoms. The molecule has 0 aliphatic rings. The van der Waals surface area contributed by atoms with Gasteiger partial charge in [0.1, 0.15) is 18.8 Å². The number of nitrogens with zero attached hydrogens (tertiary/aromatic N) is 5. The van der Waals surface area contributed by atoms with E-state index in [2.05, 4.69) is 15.1 Å². The van der Waals surface area contributed by atoms with Gasteiger partial charge in [-0.1, -0.05) is 12.1 Å². The maximum atomic E-state index is 12.4. The molecule has 25 heavy (non-hydrogen) atoms. The molecule has 124 valence electrons. The van der Waals surface area contributed by atoms with Gasteiger partial charge >= 0.3 is 5.97 Å². The largest absolute Gasteiger partial charge is 0.454 e. The molecule has 0 spiro atoms. The van der Waals surface area contributed by atoms with Crippen LogP contribution in [0.3, 0.4) is 0 Å². The molecule has 0 bridgehead atoms. The summed E-state index contributed by atoms with van der Waals surface area (Å²) < 4.78 is 9.08. The third-order valence-electron chi connectivity index (χ3n) is 3.98. The molecular formula is C18H15N5O2. The SMILES string of the molecule is C[C@@H](OC(=O)c1ccn2cncc2c1)c1ccc(-n2cncn2)cc1. The summed E-state index contributed by atoms with van der Waals surface area (Å²) in [6.45, 7) is 1.85. The zero-order valence-corrected chi connectivity index (χ0v) is 13.5. The number of carbonyl (C=O) groups is 1. The Hall–Kier alpha value is -3.48. The van der Waals surface area contributed by atoms with E-state index < -0.39 is 0 Å². The highest BCUT2D eigenvalue weighted by atomic mass is 16.5. The first-order chi connectivity index (χ1) is 12.2. The Morgan fingerprint density at radius 3 is 2.72 bits per heavy atom. The summed E-state index contributed by atoms with van der Waals surface area (Å²) >= 11 is 0. The number of pyridine rings is 1. The van der Waals surface area contributed by atoms with Crippen LogP contribution in [-0.2, 0) is 4.74 Å². The van der Waals surface area contributed by atoms with Crippen LogP contribution in [0.4, 0.5) is 0 Å². The molecular weight excluding hydrogens is 318 g/mol. The first-order valence-electron chi connectivity index (χ1n) is 7.78. The summed E-state index contributed by atoms with van der Waals surface area (Å²) in [5.74, 6) is -0.364. The van der Waals surface area contributed by atoms with Crippen LogP contribution in [-0.4, -0.2) is 30.1 Å². The zero-order valence-electron chi connectivity index (χ0n) is 13.5. The number of imidazole rings is 1. The highest BCUT2D eigenvalue weighted by molar-refractivity contribution is 5.90. The molecule has 0 N–H and O–H groups in total. The monoisotopic (exact) mass is 333 g/mol. The minimum Gasteiger partial charge on any atom is -0.454 e. The van der Waals surface area contributed by atoms with Crippen molar-refractivity contribution in [2.24, 2.45) is 0 Å². The Balaban J connectivity index is 1.49. The van der Waals surface area contributed by atoms with Crippen molar-refractivity contribution >= 4 is 11.5 Å². The van der Waals surface area contributed by atoms with Crippen LogP contribution in [0, 0.1) is 0 Å². The molecule has 0 radical (unpaired) electrons. The fourth-order valence-corrected chi connectivity index (χ4v) is 2.58. The summed E-state index contributed by atoms with van der Waals surface area (Å²) in [5.41, 5.74) is 3.15. The van der Waals surface area contributed by atoms with Gasteiger partial charge in [0.25, 0.3) is 0 Å². The van der Waals surface area contributed by atoms with E-state index in [9.17, 15) is 4.79 Å². The maximum absolute atomic E-state index is 12.4. The molecule has 0 aliphatic carbocycles. The first kappa shape index (κ1) is 15.1. The van der Waals surface area contributed by atoms with Crippen LogP contribution in [0.15, 0.2) is 67.8 Å². The number of esters is 1. The smallest absolute Gasteiger partial charge is 0.338 e. The number of carbonyl (C=O) groups excluding carboxylic acids is 1. The molecule has 0 aliphatic heterocycles. The Morgan fingerprint density at radius 1 is 1.12 bits per heavy atom. The van der Waals surface area contributed by atoms with Gasteiger partial charge in [0.2, 0.25) is 0 Å². The first-order valence-corrected chi connectivity index (χ1v) is 7.78. The number of aromatic nitrogens is 5. The maximum Gasteiger partial charge on any atom is 0.338 e. The third kappa shape index (κ3) is 2.99. The van der Waals surface area contributed by atoms with Crippen molar-refractivity contribution in [3.63, 3.8) is 0 Å². The van der Waals surface area contributed by atoms with Crippen LogP contribution in [0.1, 0.15) is 28.9 Å². The summed E-state index contributed by atoms with van der Waals surface area (Å²) in [6, 6.07) is 11.1. The quantitative estimate of drug-likeness (QED) is 0.537. The molecule has 0 saturated heterocycles. The Labute approximate surface area is 143 Å². The second kappa shape index (κ2) is 6.20. The number of benzene rings is 1. The topological polar surface area (TPSA) is 74.3 Å². The summed E-state index contributed by atoms with van der Waals surface area (Å²) in [6.07, 6.45) is 7.92. The molecule has 4 rings (SSSR count). The summed E-state index contributed by atoms with van der Waals surface area (Å²) in [7, 11) is 0. The van der Waals surface area contributed by atoms with Crippen molar-refractivity contribution in [2.45, 2.75) is 13.0 Å². The number of hydrogen-bond acceptors (Lipinski definition) is 5.